The van der Waals surface area contributed by atoms with Gasteiger partial charge in [0, 0.05) is 10.6 Å². The van der Waals surface area contributed by atoms with E-state index in [1.807, 2.05) is 36.4 Å². The third-order valence-electron chi connectivity index (χ3n) is 3.16. The Morgan fingerprint density at radius 2 is 1.57 bits per heavy atom. The number of para-hydroxylation sites is 1. The van der Waals surface area contributed by atoms with Crippen molar-refractivity contribution in [1.82, 2.24) is 14.9 Å². The maximum absolute atomic E-state index is 10.1. The number of phenolic OH excluding ortho intramolecular Hbond substituents is 1. The van der Waals surface area contributed by atoms with Gasteiger partial charge in [0.15, 0.2) is 0 Å². The number of aromatic nitrogens is 3. The molecule has 1 heterocycles. The van der Waals surface area contributed by atoms with Crippen molar-refractivity contribution in [3.63, 3.8) is 0 Å². The Hall–Kier alpha value is -2.53. The summed E-state index contributed by atoms with van der Waals surface area (Å²) in [5.74, 6) is 0.197. The maximum atomic E-state index is 10.1. The van der Waals surface area contributed by atoms with E-state index in [1.54, 1.807) is 29.5 Å². The monoisotopic (exact) mass is 300 g/mol. The zero-order valence-electron chi connectivity index (χ0n) is 11.0. The maximum Gasteiger partial charge on any atom is 0.138 e. The Bertz CT molecular complexity index is 685. The van der Waals surface area contributed by atoms with Crippen LogP contribution in [-0.4, -0.2) is 20.0 Å². The fourth-order valence-electron chi connectivity index (χ4n) is 2.16. The van der Waals surface area contributed by atoms with Crippen LogP contribution in [0.4, 0.5) is 0 Å². The van der Waals surface area contributed by atoms with Gasteiger partial charge in [-0.25, -0.2) is 4.68 Å². The van der Waals surface area contributed by atoms with E-state index in [-0.39, 0.29) is 11.8 Å². The topological polar surface area (TPSA) is 63.0 Å². The summed E-state index contributed by atoms with van der Waals surface area (Å²) in [6.07, 6.45) is 3.09. The minimum absolute atomic E-state index is 0.197. The standard InChI is InChI=1S/C15H13ClN4O/c16-13-7-3-1-5-11(13)15(19-20-9-17-18-10-20)12-6-2-4-8-14(12)21/h1-10,15,19,21H. The first kappa shape index (κ1) is 13.5. The second-order valence-corrected chi connectivity index (χ2v) is 4.92. The molecular weight excluding hydrogens is 288 g/mol. The highest BCUT2D eigenvalue weighted by Crippen LogP contribution is 2.33. The number of phenols is 1. The van der Waals surface area contributed by atoms with Gasteiger partial charge < -0.3 is 10.5 Å². The van der Waals surface area contributed by atoms with Crippen molar-refractivity contribution in [1.29, 1.82) is 0 Å². The van der Waals surface area contributed by atoms with Crippen molar-refractivity contribution in [2.24, 2.45) is 0 Å². The lowest BCUT2D eigenvalue weighted by Crippen LogP contribution is -2.21. The number of halogens is 1. The van der Waals surface area contributed by atoms with Crippen LogP contribution in [-0.2, 0) is 0 Å². The lowest BCUT2D eigenvalue weighted by molar-refractivity contribution is 0.465. The lowest BCUT2D eigenvalue weighted by Gasteiger charge is -2.22. The van der Waals surface area contributed by atoms with Crippen molar-refractivity contribution in [3.8, 4) is 5.75 Å². The minimum Gasteiger partial charge on any atom is -0.508 e. The molecule has 1 atom stereocenters. The highest BCUT2D eigenvalue weighted by Gasteiger charge is 2.19. The number of hydrogen-bond acceptors (Lipinski definition) is 4. The fourth-order valence-corrected chi connectivity index (χ4v) is 2.41. The van der Waals surface area contributed by atoms with Gasteiger partial charge in [0.25, 0.3) is 0 Å². The molecule has 0 aliphatic carbocycles. The zero-order chi connectivity index (χ0) is 14.7. The molecule has 5 nitrogen and oxygen atoms in total. The largest absolute Gasteiger partial charge is 0.508 e. The van der Waals surface area contributed by atoms with E-state index >= 15 is 0 Å². The molecule has 0 saturated carbocycles. The molecule has 0 spiro atoms. The van der Waals surface area contributed by atoms with Crippen molar-refractivity contribution >= 4 is 11.6 Å². The average molecular weight is 301 g/mol. The summed E-state index contributed by atoms with van der Waals surface area (Å²) in [6, 6.07) is 14.3. The van der Waals surface area contributed by atoms with Crippen LogP contribution < -0.4 is 5.43 Å². The van der Waals surface area contributed by atoms with E-state index < -0.39 is 0 Å². The molecule has 1 unspecified atom stereocenters. The second-order valence-electron chi connectivity index (χ2n) is 4.51. The van der Waals surface area contributed by atoms with Gasteiger partial charge in [-0.15, -0.1) is 10.2 Å². The van der Waals surface area contributed by atoms with Crippen LogP contribution in [0.25, 0.3) is 0 Å². The van der Waals surface area contributed by atoms with Crippen molar-refractivity contribution in [2.45, 2.75) is 6.04 Å². The average Bonchev–Trinajstić information content (AvgIpc) is 3.00. The molecule has 3 aromatic rings. The molecule has 2 N–H and O–H groups in total. The summed E-state index contributed by atoms with van der Waals surface area (Å²) in [7, 11) is 0. The molecule has 0 fully saturated rings. The normalized spacial score (nSPS) is 12.0. The van der Waals surface area contributed by atoms with E-state index in [0.29, 0.717) is 5.02 Å². The molecular formula is C15H13ClN4O. The smallest absolute Gasteiger partial charge is 0.138 e. The Morgan fingerprint density at radius 1 is 0.952 bits per heavy atom. The summed E-state index contributed by atoms with van der Waals surface area (Å²) in [5, 5.41) is 18.3. The van der Waals surface area contributed by atoms with Gasteiger partial charge in [0.2, 0.25) is 0 Å². The van der Waals surface area contributed by atoms with Crippen LogP contribution in [0.2, 0.25) is 5.02 Å². The first-order chi connectivity index (χ1) is 10.3. The fraction of sp³-hybridized carbons (Fsp3) is 0.0667. The molecule has 6 heteroatoms. The first-order valence-corrected chi connectivity index (χ1v) is 6.77. The summed E-state index contributed by atoms with van der Waals surface area (Å²) >= 11 is 6.30. The summed E-state index contributed by atoms with van der Waals surface area (Å²) in [4.78, 5) is 0. The SMILES string of the molecule is Oc1ccccc1C(Nn1cnnc1)c1ccccc1Cl. The third-order valence-corrected chi connectivity index (χ3v) is 3.51. The molecule has 0 aliphatic rings. The molecule has 106 valence electrons. The van der Waals surface area contributed by atoms with Gasteiger partial charge in [-0.2, -0.15) is 0 Å². The predicted molar refractivity (Wildman–Crippen MR) is 80.8 cm³/mol. The van der Waals surface area contributed by atoms with Crippen LogP contribution in [0.15, 0.2) is 61.2 Å². The number of nitrogens with zero attached hydrogens (tertiary/aromatic N) is 3. The molecule has 1 aromatic heterocycles. The summed E-state index contributed by atoms with van der Waals surface area (Å²) < 4.78 is 1.63. The molecule has 0 bridgehead atoms. The molecule has 0 amide bonds. The van der Waals surface area contributed by atoms with Crippen LogP contribution in [0.1, 0.15) is 17.2 Å². The van der Waals surface area contributed by atoms with Crippen LogP contribution in [0, 0.1) is 0 Å². The van der Waals surface area contributed by atoms with Gasteiger partial charge in [-0.1, -0.05) is 48.0 Å². The second kappa shape index (κ2) is 5.85. The van der Waals surface area contributed by atoms with E-state index in [9.17, 15) is 5.11 Å². The highest BCUT2D eigenvalue weighted by molar-refractivity contribution is 6.31. The van der Waals surface area contributed by atoms with E-state index in [4.69, 9.17) is 11.6 Å². The zero-order valence-corrected chi connectivity index (χ0v) is 11.8. The molecule has 3 rings (SSSR count). The molecule has 2 aromatic carbocycles. The van der Waals surface area contributed by atoms with E-state index in [1.165, 1.54) is 0 Å². The van der Waals surface area contributed by atoms with E-state index in [0.717, 1.165) is 11.1 Å². The number of hydrogen-bond donors (Lipinski definition) is 2. The molecule has 21 heavy (non-hydrogen) atoms. The van der Waals surface area contributed by atoms with Gasteiger partial charge in [0.05, 0.1) is 6.04 Å². The van der Waals surface area contributed by atoms with Gasteiger partial charge in [0.1, 0.15) is 18.4 Å². The van der Waals surface area contributed by atoms with Crippen LogP contribution >= 0.6 is 11.6 Å². The van der Waals surface area contributed by atoms with E-state index in [2.05, 4.69) is 15.6 Å². The highest BCUT2D eigenvalue weighted by atomic mass is 35.5. The summed E-state index contributed by atoms with van der Waals surface area (Å²) in [5.41, 5.74) is 4.80. The van der Waals surface area contributed by atoms with Crippen LogP contribution in [0.5, 0.6) is 5.75 Å². The number of aromatic hydroxyl groups is 1. The Kier molecular flexibility index (Phi) is 3.75. The quantitative estimate of drug-likeness (QED) is 0.777. The Labute approximate surface area is 126 Å². The lowest BCUT2D eigenvalue weighted by atomic mass is 9.98. The molecule has 0 radical (unpaired) electrons. The first-order valence-electron chi connectivity index (χ1n) is 6.39. The molecule has 0 saturated heterocycles. The van der Waals surface area contributed by atoms with Gasteiger partial charge >= 0.3 is 0 Å². The van der Waals surface area contributed by atoms with Crippen molar-refractivity contribution < 1.29 is 5.11 Å². The van der Waals surface area contributed by atoms with Gasteiger partial charge in [-0.3, -0.25) is 0 Å². The molecule has 0 aliphatic heterocycles. The van der Waals surface area contributed by atoms with Gasteiger partial charge in [-0.05, 0) is 17.7 Å². The number of benzene rings is 2. The number of nitrogens with one attached hydrogen (secondary N) is 1. The van der Waals surface area contributed by atoms with Crippen molar-refractivity contribution in [3.05, 3.63) is 77.3 Å². The van der Waals surface area contributed by atoms with Crippen molar-refractivity contribution in [2.75, 3.05) is 5.43 Å². The third kappa shape index (κ3) is 2.83. The predicted octanol–water partition coefficient (Wildman–Crippen LogP) is 2.97. The number of rotatable bonds is 4. The minimum atomic E-state index is -0.323. The Morgan fingerprint density at radius 3 is 2.24 bits per heavy atom. The summed E-state index contributed by atoms with van der Waals surface area (Å²) in [6.45, 7) is 0. The van der Waals surface area contributed by atoms with Crippen LogP contribution in [0.3, 0.4) is 0 Å². The Balaban J connectivity index is 2.07.